The first kappa shape index (κ1) is 18.4. The molecule has 0 spiro atoms. The second-order valence-corrected chi connectivity index (χ2v) is 5.19. The van der Waals surface area contributed by atoms with Crippen LogP contribution in [0, 0.1) is 0 Å². The lowest BCUT2D eigenvalue weighted by Gasteiger charge is -2.10. The van der Waals surface area contributed by atoms with Gasteiger partial charge in [-0.15, -0.1) is 0 Å². The van der Waals surface area contributed by atoms with Gasteiger partial charge in [-0.05, 0) is 42.9 Å². The Morgan fingerprint density at radius 2 is 1.91 bits per heavy atom. The topological polar surface area (TPSA) is 59.6 Å². The molecule has 6 heteroatoms. The molecule has 0 bridgehead atoms. The largest absolute Gasteiger partial charge is 0.494 e. The number of thiocarbonyl (C=S) groups is 1. The number of nitrogens with one attached hydrogen (secondary N) is 2. The number of hydrogen-bond donors (Lipinski definition) is 2. The third-order valence-electron chi connectivity index (χ3n) is 2.95. The van der Waals surface area contributed by atoms with Crippen molar-refractivity contribution in [1.29, 1.82) is 0 Å². The van der Waals surface area contributed by atoms with E-state index < -0.39 is 0 Å². The van der Waals surface area contributed by atoms with Crippen molar-refractivity contribution >= 4 is 23.2 Å². The van der Waals surface area contributed by atoms with Gasteiger partial charge in [0.25, 0.3) is 5.91 Å². The first-order valence-corrected chi connectivity index (χ1v) is 7.89. The molecule has 0 aliphatic carbocycles. The molecule has 0 aliphatic heterocycles. The van der Waals surface area contributed by atoms with Gasteiger partial charge in [0, 0.05) is 19.2 Å². The van der Waals surface area contributed by atoms with E-state index in [-0.39, 0.29) is 5.91 Å². The second-order valence-electron chi connectivity index (χ2n) is 4.78. The fraction of sp³-hybridized carbons (Fsp3) is 0.500. The number of ether oxygens (including phenoxy) is 2. The maximum Gasteiger partial charge on any atom is 0.257 e. The number of unbranched alkanes of at least 4 members (excludes halogenated alkanes) is 2. The molecule has 2 N–H and O–H groups in total. The van der Waals surface area contributed by atoms with E-state index in [4.69, 9.17) is 21.7 Å². The van der Waals surface area contributed by atoms with E-state index in [2.05, 4.69) is 17.6 Å². The van der Waals surface area contributed by atoms with Crippen molar-refractivity contribution in [2.75, 3.05) is 26.9 Å². The molecule has 1 aromatic carbocycles. The summed E-state index contributed by atoms with van der Waals surface area (Å²) in [6, 6.07) is 7.04. The van der Waals surface area contributed by atoms with Crippen LogP contribution in [0.5, 0.6) is 5.75 Å². The molecular formula is C16H24N2O3S. The second kappa shape index (κ2) is 11.0. The van der Waals surface area contributed by atoms with Crippen LogP contribution in [0.25, 0.3) is 0 Å². The third kappa shape index (κ3) is 7.38. The van der Waals surface area contributed by atoms with Crippen molar-refractivity contribution in [1.82, 2.24) is 10.6 Å². The highest BCUT2D eigenvalue weighted by atomic mass is 32.1. The van der Waals surface area contributed by atoms with Crippen LogP contribution in [-0.2, 0) is 4.74 Å². The number of carbonyl (C=O) groups excluding carboxylic acids is 1. The molecule has 0 fully saturated rings. The molecule has 0 aromatic heterocycles. The van der Waals surface area contributed by atoms with Gasteiger partial charge in [-0.3, -0.25) is 10.1 Å². The predicted octanol–water partition coefficient (Wildman–Crippen LogP) is 2.51. The van der Waals surface area contributed by atoms with Crippen LogP contribution in [0.3, 0.4) is 0 Å². The fourth-order valence-corrected chi connectivity index (χ4v) is 1.93. The Kier molecular flexibility index (Phi) is 9.18. The van der Waals surface area contributed by atoms with E-state index in [1.165, 1.54) is 6.42 Å². The Morgan fingerprint density at radius 1 is 1.18 bits per heavy atom. The van der Waals surface area contributed by atoms with Gasteiger partial charge in [0.2, 0.25) is 0 Å². The molecule has 0 atom stereocenters. The zero-order chi connectivity index (χ0) is 16.2. The Hall–Kier alpha value is -1.66. The minimum absolute atomic E-state index is 0.243. The van der Waals surface area contributed by atoms with Crippen LogP contribution in [-0.4, -0.2) is 37.9 Å². The zero-order valence-corrected chi connectivity index (χ0v) is 14.0. The monoisotopic (exact) mass is 324 g/mol. The predicted molar refractivity (Wildman–Crippen MR) is 91.4 cm³/mol. The minimum atomic E-state index is -0.243. The molecule has 0 aliphatic rings. The van der Waals surface area contributed by atoms with Crippen LogP contribution in [0.4, 0.5) is 0 Å². The highest BCUT2D eigenvalue weighted by Gasteiger charge is 2.07. The van der Waals surface area contributed by atoms with Crippen molar-refractivity contribution in [3.05, 3.63) is 29.8 Å². The SMILES string of the molecule is CCCCCOc1ccc(C(=O)NC(=S)NCCOC)cc1. The van der Waals surface area contributed by atoms with E-state index in [1.54, 1.807) is 31.4 Å². The molecule has 1 aromatic rings. The van der Waals surface area contributed by atoms with Gasteiger partial charge >= 0.3 is 0 Å². The summed E-state index contributed by atoms with van der Waals surface area (Å²) in [6.45, 7) is 3.94. The summed E-state index contributed by atoms with van der Waals surface area (Å²) in [6.07, 6.45) is 3.37. The molecule has 0 saturated heterocycles. The van der Waals surface area contributed by atoms with Gasteiger partial charge in [-0.25, -0.2) is 0 Å². The molecule has 1 rings (SSSR count). The lowest BCUT2D eigenvalue weighted by atomic mass is 10.2. The zero-order valence-electron chi connectivity index (χ0n) is 13.2. The summed E-state index contributed by atoms with van der Waals surface area (Å²) in [5.41, 5.74) is 0.539. The van der Waals surface area contributed by atoms with Crippen LogP contribution < -0.4 is 15.4 Å². The van der Waals surface area contributed by atoms with Gasteiger partial charge in [0.15, 0.2) is 5.11 Å². The Balaban J connectivity index is 2.38. The molecule has 122 valence electrons. The van der Waals surface area contributed by atoms with Gasteiger partial charge in [0.1, 0.15) is 5.75 Å². The number of amides is 1. The number of rotatable bonds is 9. The third-order valence-corrected chi connectivity index (χ3v) is 3.20. The van der Waals surface area contributed by atoms with Crippen molar-refractivity contribution in [2.45, 2.75) is 26.2 Å². The van der Waals surface area contributed by atoms with Crippen molar-refractivity contribution in [2.24, 2.45) is 0 Å². The molecule has 0 saturated carbocycles. The maximum atomic E-state index is 12.0. The Bertz CT molecular complexity index is 463. The maximum absolute atomic E-state index is 12.0. The first-order chi connectivity index (χ1) is 10.7. The summed E-state index contributed by atoms with van der Waals surface area (Å²) in [7, 11) is 1.61. The molecule has 22 heavy (non-hydrogen) atoms. The molecule has 0 unspecified atom stereocenters. The van der Waals surface area contributed by atoms with E-state index in [9.17, 15) is 4.79 Å². The molecule has 5 nitrogen and oxygen atoms in total. The molecular weight excluding hydrogens is 300 g/mol. The quantitative estimate of drug-likeness (QED) is 0.540. The van der Waals surface area contributed by atoms with Crippen LogP contribution in [0.1, 0.15) is 36.5 Å². The summed E-state index contributed by atoms with van der Waals surface area (Å²) in [5.74, 6) is 0.529. The average molecular weight is 324 g/mol. The highest BCUT2D eigenvalue weighted by Crippen LogP contribution is 2.12. The van der Waals surface area contributed by atoms with Crippen molar-refractivity contribution in [3.8, 4) is 5.75 Å². The number of hydrogen-bond acceptors (Lipinski definition) is 4. The lowest BCUT2D eigenvalue weighted by molar-refractivity contribution is 0.0976. The van der Waals surface area contributed by atoms with E-state index >= 15 is 0 Å². The molecule has 0 heterocycles. The summed E-state index contributed by atoms with van der Waals surface area (Å²) < 4.78 is 10.5. The van der Waals surface area contributed by atoms with Crippen molar-refractivity contribution < 1.29 is 14.3 Å². The van der Waals surface area contributed by atoms with Crippen LogP contribution in [0.15, 0.2) is 24.3 Å². The van der Waals surface area contributed by atoms with Crippen LogP contribution in [0.2, 0.25) is 0 Å². The van der Waals surface area contributed by atoms with E-state index in [1.807, 2.05) is 0 Å². The van der Waals surface area contributed by atoms with Crippen LogP contribution >= 0.6 is 12.2 Å². The van der Waals surface area contributed by atoms with Gasteiger partial charge < -0.3 is 14.8 Å². The fourth-order valence-electron chi connectivity index (χ4n) is 1.73. The smallest absolute Gasteiger partial charge is 0.257 e. The van der Waals surface area contributed by atoms with Gasteiger partial charge in [-0.2, -0.15) is 0 Å². The standard InChI is InChI=1S/C16H24N2O3S/c1-3-4-5-11-21-14-8-6-13(7-9-14)15(19)18-16(22)17-10-12-20-2/h6-9H,3-5,10-12H2,1-2H3,(H2,17,18,19,22). The number of methoxy groups -OCH3 is 1. The molecule has 1 amide bonds. The summed E-state index contributed by atoms with van der Waals surface area (Å²) >= 11 is 5.03. The number of benzene rings is 1. The normalized spacial score (nSPS) is 10.1. The number of carbonyl (C=O) groups is 1. The average Bonchev–Trinajstić information content (AvgIpc) is 2.52. The Labute approximate surface area is 137 Å². The van der Waals surface area contributed by atoms with Gasteiger partial charge in [-0.1, -0.05) is 19.8 Å². The van der Waals surface area contributed by atoms with E-state index in [0.29, 0.717) is 30.4 Å². The van der Waals surface area contributed by atoms with Crippen molar-refractivity contribution in [3.63, 3.8) is 0 Å². The van der Waals surface area contributed by atoms with Gasteiger partial charge in [0.05, 0.1) is 13.2 Å². The first-order valence-electron chi connectivity index (χ1n) is 7.48. The summed E-state index contributed by atoms with van der Waals surface area (Å²) in [5, 5.41) is 5.80. The minimum Gasteiger partial charge on any atom is -0.494 e. The molecule has 0 radical (unpaired) electrons. The summed E-state index contributed by atoms with van der Waals surface area (Å²) in [4.78, 5) is 12.0. The van der Waals surface area contributed by atoms with E-state index in [0.717, 1.165) is 18.6 Å². The highest BCUT2D eigenvalue weighted by molar-refractivity contribution is 7.80. The lowest BCUT2D eigenvalue weighted by Crippen LogP contribution is -2.40. The Morgan fingerprint density at radius 3 is 2.55 bits per heavy atom.